The third-order valence-corrected chi connectivity index (χ3v) is 4.66. The van der Waals surface area contributed by atoms with Gasteiger partial charge >= 0.3 is 6.18 Å². The SMILES string of the molecule is CNc1nc(Nc2cnn(C3CCN(C)CC3)c2C)ncc1C(F)(F)F. The summed E-state index contributed by atoms with van der Waals surface area (Å²) in [6.07, 6.45) is -0.0459. The lowest BCUT2D eigenvalue weighted by atomic mass is 10.1. The highest BCUT2D eigenvalue weighted by molar-refractivity contribution is 5.58. The van der Waals surface area contributed by atoms with Crippen LogP contribution in [0.1, 0.15) is 30.1 Å². The van der Waals surface area contributed by atoms with Gasteiger partial charge in [0, 0.05) is 13.2 Å². The Balaban J connectivity index is 1.79. The van der Waals surface area contributed by atoms with Gasteiger partial charge in [0.25, 0.3) is 0 Å². The third-order valence-electron chi connectivity index (χ3n) is 4.66. The topological polar surface area (TPSA) is 70.9 Å². The second-order valence-electron chi connectivity index (χ2n) is 6.45. The van der Waals surface area contributed by atoms with Crippen LogP contribution in [0.5, 0.6) is 0 Å². The number of nitrogens with one attached hydrogen (secondary N) is 2. The number of hydrogen-bond donors (Lipinski definition) is 2. The Kier molecular flexibility index (Phi) is 5.03. The van der Waals surface area contributed by atoms with Crippen molar-refractivity contribution in [3.8, 4) is 0 Å². The van der Waals surface area contributed by atoms with Crippen molar-refractivity contribution in [3.63, 3.8) is 0 Å². The number of anilines is 3. The zero-order valence-electron chi connectivity index (χ0n) is 14.9. The minimum absolute atomic E-state index is 0.0911. The molecule has 10 heteroatoms. The van der Waals surface area contributed by atoms with E-state index >= 15 is 0 Å². The van der Waals surface area contributed by atoms with Crippen molar-refractivity contribution >= 4 is 17.5 Å². The van der Waals surface area contributed by atoms with E-state index < -0.39 is 11.7 Å². The molecule has 1 fully saturated rings. The van der Waals surface area contributed by atoms with Gasteiger partial charge in [0.15, 0.2) is 0 Å². The van der Waals surface area contributed by atoms with Crippen LogP contribution in [0.15, 0.2) is 12.4 Å². The summed E-state index contributed by atoms with van der Waals surface area (Å²) >= 11 is 0. The van der Waals surface area contributed by atoms with E-state index in [1.54, 1.807) is 6.20 Å². The molecule has 7 nitrogen and oxygen atoms in total. The molecule has 0 aliphatic carbocycles. The molecule has 2 aromatic heterocycles. The van der Waals surface area contributed by atoms with Crippen molar-refractivity contribution in [3.05, 3.63) is 23.7 Å². The van der Waals surface area contributed by atoms with Crippen molar-refractivity contribution in [1.82, 2.24) is 24.6 Å². The fraction of sp³-hybridized carbons (Fsp3) is 0.562. The molecule has 0 bridgehead atoms. The fourth-order valence-corrected chi connectivity index (χ4v) is 3.11. The minimum Gasteiger partial charge on any atom is -0.372 e. The van der Waals surface area contributed by atoms with Gasteiger partial charge in [-0.2, -0.15) is 23.3 Å². The highest BCUT2D eigenvalue weighted by atomic mass is 19.4. The van der Waals surface area contributed by atoms with Gasteiger partial charge in [-0.3, -0.25) is 4.68 Å². The first-order valence-corrected chi connectivity index (χ1v) is 8.41. The molecule has 1 saturated heterocycles. The Labute approximate surface area is 149 Å². The van der Waals surface area contributed by atoms with Crippen LogP contribution in [0.25, 0.3) is 0 Å². The summed E-state index contributed by atoms with van der Waals surface area (Å²) in [5, 5.41) is 9.88. The molecular formula is C16H22F3N7. The number of alkyl halides is 3. The first kappa shape index (κ1) is 18.4. The van der Waals surface area contributed by atoms with E-state index in [2.05, 4.69) is 37.6 Å². The molecule has 0 amide bonds. The average molecular weight is 369 g/mol. The molecule has 2 N–H and O–H groups in total. The maximum atomic E-state index is 12.9. The molecule has 3 rings (SSSR count). The van der Waals surface area contributed by atoms with Crippen molar-refractivity contribution in [2.45, 2.75) is 32.0 Å². The van der Waals surface area contributed by atoms with E-state index in [0.29, 0.717) is 11.7 Å². The smallest absolute Gasteiger partial charge is 0.372 e. The molecule has 0 spiro atoms. The van der Waals surface area contributed by atoms with Crippen molar-refractivity contribution in [1.29, 1.82) is 0 Å². The van der Waals surface area contributed by atoms with Gasteiger partial charge in [-0.05, 0) is 39.9 Å². The number of rotatable bonds is 4. The normalized spacial score (nSPS) is 16.7. The van der Waals surface area contributed by atoms with E-state index in [4.69, 9.17) is 0 Å². The monoisotopic (exact) mass is 369 g/mol. The van der Waals surface area contributed by atoms with Gasteiger partial charge in [0.1, 0.15) is 11.4 Å². The standard InChI is InChI=1S/C16H22F3N7/c1-10-13(9-22-26(10)11-4-6-25(3)7-5-11)23-15-21-8-12(16(17,18)19)14(20-2)24-15/h8-9,11H,4-7H2,1-3H3,(H2,20,21,23,24). The van der Waals surface area contributed by atoms with Crippen molar-refractivity contribution in [2.75, 3.05) is 37.8 Å². The van der Waals surface area contributed by atoms with Crippen LogP contribution in [-0.2, 0) is 6.18 Å². The van der Waals surface area contributed by atoms with Gasteiger partial charge in [0.05, 0.1) is 23.6 Å². The zero-order chi connectivity index (χ0) is 18.9. The summed E-state index contributed by atoms with van der Waals surface area (Å²) in [5.41, 5.74) is 0.698. The number of likely N-dealkylation sites (tertiary alicyclic amines) is 1. The van der Waals surface area contributed by atoms with Crippen molar-refractivity contribution < 1.29 is 13.2 Å². The number of hydrogen-bond acceptors (Lipinski definition) is 6. The first-order chi connectivity index (χ1) is 12.3. The second-order valence-corrected chi connectivity index (χ2v) is 6.45. The van der Waals surface area contributed by atoms with Gasteiger partial charge in [0.2, 0.25) is 5.95 Å². The van der Waals surface area contributed by atoms with E-state index in [0.717, 1.165) is 37.8 Å². The first-order valence-electron chi connectivity index (χ1n) is 8.41. The van der Waals surface area contributed by atoms with Crippen LogP contribution in [0.3, 0.4) is 0 Å². The summed E-state index contributed by atoms with van der Waals surface area (Å²) < 4.78 is 40.8. The summed E-state index contributed by atoms with van der Waals surface area (Å²) in [4.78, 5) is 10.0. The van der Waals surface area contributed by atoms with Gasteiger partial charge in [-0.15, -0.1) is 0 Å². The summed E-state index contributed by atoms with van der Waals surface area (Å²) in [5.74, 6) is -0.177. The molecule has 142 valence electrons. The molecule has 2 aromatic rings. The molecule has 0 aromatic carbocycles. The molecule has 0 saturated carbocycles. The van der Waals surface area contributed by atoms with Gasteiger partial charge in [-0.25, -0.2) is 4.98 Å². The molecule has 3 heterocycles. The predicted molar refractivity (Wildman–Crippen MR) is 92.6 cm³/mol. The predicted octanol–water partition coefficient (Wildman–Crippen LogP) is 3.05. The third kappa shape index (κ3) is 3.74. The largest absolute Gasteiger partial charge is 0.421 e. The molecule has 26 heavy (non-hydrogen) atoms. The van der Waals surface area contributed by atoms with Crippen LogP contribution in [-0.4, -0.2) is 51.8 Å². The Morgan fingerprint density at radius 3 is 2.50 bits per heavy atom. The summed E-state index contributed by atoms with van der Waals surface area (Å²) in [7, 11) is 3.49. The van der Waals surface area contributed by atoms with Gasteiger partial charge < -0.3 is 15.5 Å². The van der Waals surface area contributed by atoms with Crippen LogP contribution in [0.2, 0.25) is 0 Å². The fourth-order valence-electron chi connectivity index (χ4n) is 3.11. The molecular weight excluding hydrogens is 347 g/mol. The average Bonchev–Trinajstić information content (AvgIpc) is 2.95. The lowest BCUT2D eigenvalue weighted by molar-refractivity contribution is -0.137. The highest BCUT2D eigenvalue weighted by Gasteiger charge is 2.35. The molecule has 1 aliphatic rings. The Hall–Kier alpha value is -2.36. The van der Waals surface area contributed by atoms with Crippen molar-refractivity contribution in [2.24, 2.45) is 0 Å². The molecule has 0 atom stereocenters. The molecule has 0 unspecified atom stereocenters. The van der Waals surface area contributed by atoms with E-state index in [1.165, 1.54) is 7.05 Å². The highest BCUT2D eigenvalue weighted by Crippen LogP contribution is 2.34. The number of halogens is 3. The Morgan fingerprint density at radius 2 is 1.88 bits per heavy atom. The zero-order valence-corrected chi connectivity index (χ0v) is 14.9. The van der Waals surface area contributed by atoms with Gasteiger partial charge in [-0.1, -0.05) is 0 Å². The number of nitrogens with zero attached hydrogens (tertiary/aromatic N) is 5. The maximum absolute atomic E-state index is 12.9. The summed E-state index contributed by atoms with van der Waals surface area (Å²) in [6.45, 7) is 3.96. The number of aromatic nitrogens is 4. The minimum atomic E-state index is -4.51. The lowest BCUT2D eigenvalue weighted by Gasteiger charge is -2.29. The maximum Gasteiger partial charge on any atom is 0.421 e. The number of piperidine rings is 1. The molecule has 0 radical (unpaired) electrons. The Morgan fingerprint density at radius 1 is 1.19 bits per heavy atom. The molecule has 1 aliphatic heterocycles. The summed E-state index contributed by atoms with van der Waals surface area (Å²) in [6, 6.07) is 0.322. The Bertz CT molecular complexity index is 764. The lowest BCUT2D eigenvalue weighted by Crippen LogP contribution is -2.32. The van der Waals surface area contributed by atoms with E-state index in [-0.39, 0.29) is 11.8 Å². The van der Waals surface area contributed by atoms with E-state index in [1.807, 2.05) is 11.6 Å². The second kappa shape index (κ2) is 7.10. The van der Waals surface area contributed by atoms with Crippen LogP contribution in [0.4, 0.5) is 30.6 Å². The van der Waals surface area contributed by atoms with E-state index in [9.17, 15) is 13.2 Å². The quantitative estimate of drug-likeness (QED) is 0.863. The van der Waals surface area contributed by atoms with Crippen LogP contribution in [0, 0.1) is 6.92 Å². The van der Waals surface area contributed by atoms with Crippen LogP contribution < -0.4 is 10.6 Å². The van der Waals surface area contributed by atoms with Crippen LogP contribution >= 0.6 is 0 Å².